The number of carbonyl (C=O) groups excluding carboxylic acids is 1. The fourth-order valence-electron chi connectivity index (χ4n) is 5.64. The van der Waals surface area contributed by atoms with Crippen molar-refractivity contribution in [2.24, 2.45) is 5.73 Å². The van der Waals surface area contributed by atoms with Crippen molar-refractivity contribution < 1.29 is 14.7 Å². The van der Waals surface area contributed by atoms with Gasteiger partial charge in [-0.3, -0.25) is 14.6 Å². The van der Waals surface area contributed by atoms with E-state index in [1.54, 1.807) is 11.8 Å². The van der Waals surface area contributed by atoms with Crippen molar-refractivity contribution in [1.29, 1.82) is 0 Å². The van der Waals surface area contributed by atoms with E-state index in [9.17, 15) is 14.7 Å². The van der Waals surface area contributed by atoms with E-state index in [4.69, 9.17) is 5.73 Å². The highest BCUT2D eigenvalue weighted by Crippen LogP contribution is 2.43. The van der Waals surface area contributed by atoms with Crippen LogP contribution in [0.25, 0.3) is 11.1 Å². The van der Waals surface area contributed by atoms with Crippen LogP contribution in [0.1, 0.15) is 64.1 Å². The van der Waals surface area contributed by atoms with Crippen molar-refractivity contribution in [2.75, 3.05) is 18.0 Å². The second-order valence-electron chi connectivity index (χ2n) is 10.4. The Morgan fingerprint density at radius 2 is 1.71 bits per heavy atom. The van der Waals surface area contributed by atoms with Crippen LogP contribution in [0.5, 0.6) is 0 Å². The first kappa shape index (κ1) is 25.2. The Balaban J connectivity index is 1.64. The summed E-state index contributed by atoms with van der Waals surface area (Å²) in [7, 11) is 0. The zero-order chi connectivity index (χ0) is 25.3. The molecule has 188 valence electrons. The number of carboxylic acid groups (broad SMARTS) is 1. The third-order valence-corrected chi connectivity index (χ3v) is 7.43. The summed E-state index contributed by atoms with van der Waals surface area (Å²) in [5.41, 5.74) is 11.1. The van der Waals surface area contributed by atoms with Gasteiger partial charge in [0.05, 0.1) is 6.04 Å². The van der Waals surface area contributed by atoms with Crippen LogP contribution in [0.3, 0.4) is 0 Å². The second kappa shape index (κ2) is 10.4. The molecule has 0 radical (unpaired) electrons. The molecule has 7 heteroatoms. The van der Waals surface area contributed by atoms with E-state index in [0.29, 0.717) is 12.5 Å². The molecule has 4 rings (SSSR count). The lowest BCUT2D eigenvalue weighted by molar-refractivity contribution is -0.117. The Bertz CT molecular complexity index is 1060. The first-order chi connectivity index (χ1) is 16.7. The summed E-state index contributed by atoms with van der Waals surface area (Å²) < 4.78 is 0. The van der Waals surface area contributed by atoms with E-state index in [-0.39, 0.29) is 24.0 Å². The Morgan fingerprint density at radius 1 is 1.09 bits per heavy atom. The average Bonchev–Trinajstić information content (AvgIpc) is 2.80. The highest BCUT2D eigenvalue weighted by molar-refractivity contribution is 5.94. The summed E-state index contributed by atoms with van der Waals surface area (Å²) in [6.07, 6.45) is 1.73. The molecular formula is C28H38N4O3. The molecule has 2 aromatic carbocycles. The van der Waals surface area contributed by atoms with Crippen LogP contribution in [0, 0.1) is 0 Å². The van der Waals surface area contributed by atoms with Gasteiger partial charge in [0, 0.05) is 37.3 Å². The van der Waals surface area contributed by atoms with Gasteiger partial charge in [0.15, 0.2) is 0 Å². The number of anilines is 1. The van der Waals surface area contributed by atoms with Crippen molar-refractivity contribution >= 4 is 17.7 Å². The largest absolute Gasteiger partial charge is 0.465 e. The molecule has 2 aliphatic heterocycles. The minimum Gasteiger partial charge on any atom is -0.465 e. The number of rotatable bonds is 5. The summed E-state index contributed by atoms with van der Waals surface area (Å²) >= 11 is 0. The zero-order valence-electron chi connectivity index (χ0n) is 21.3. The number of piperidine rings is 1. The molecule has 2 aromatic rings. The molecule has 0 bridgehead atoms. The summed E-state index contributed by atoms with van der Waals surface area (Å²) in [5.74, 6) is -0.0283. The van der Waals surface area contributed by atoms with Crippen LogP contribution in [-0.4, -0.2) is 58.1 Å². The maximum Gasteiger partial charge on any atom is 0.408 e. The Morgan fingerprint density at radius 3 is 2.29 bits per heavy atom. The van der Waals surface area contributed by atoms with Gasteiger partial charge in [-0.05, 0) is 87.5 Å². The van der Waals surface area contributed by atoms with Gasteiger partial charge in [0.2, 0.25) is 5.91 Å². The fourth-order valence-corrected chi connectivity index (χ4v) is 5.64. The number of likely N-dealkylation sites (tertiary alicyclic amines) is 1. The van der Waals surface area contributed by atoms with Gasteiger partial charge in [0.25, 0.3) is 0 Å². The van der Waals surface area contributed by atoms with Gasteiger partial charge in [-0.25, -0.2) is 4.79 Å². The number of nitrogens with zero attached hydrogens (tertiary/aromatic N) is 3. The third kappa shape index (κ3) is 5.36. The molecule has 3 N–H and O–H groups in total. The Hall–Kier alpha value is -2.90. The second-order valence-corrected chi connectivity index (χ2v) is 10.4. The summed E-state index contributed by atoms with van der Waals surface area (Å²) in [4.78, 5) is 30.4. The Kier molecular flexibility index (Phi) is 7.47. The molecule has 2 aliphatic rings. The van der Waals surface area contributed by atoms with Crippen LogP contribution in [0.2, 0.25) is 0 Å². The average molecular weight is 479 g/mol. The molecule has 2 heterocycles. The topological polar surface area (TPSA) is 90.1 Å². The molecule has 2 amide bonds. The molecule has 1 fully saturated rings. The quantitative estimate of drug-likeness (QED) is 0.641. The predicted octanol–water partition coefficient (Wildman–Crippen LogP) is 4.85. The number of fused-ring (bicyclic) bond motifs is 1. The van der Waals surface area contributed by atoms with Gasteiger partial charge < -0.3 is 15.7 Å². The van der Waals surface area contributed by atoms with Gasteiger partial charge in [0.1, 0.15) is 0 Å². The zero-order valence-corrected chi connectivity index (χ0v) is 21.3. The van der Waals surface area contributed by atoms with E-state index < -0.39 is 6.09 Å². The van der Waals surface area contributed by atoms with Crippen molar-refractivity contribution in [3.8, 4) is 11.1 Å². The monoisotopic (exact) mass is 478 g/mol. The first-order valence-electron chi connectivity index (χ1n) is 12.7. The van der Waals surface area contributed by atoms with Gasteiger partial charge in [-0.1, -0.05) is 30.3 Å². The summed E-state index contributed by atoms with van der Waals surface area (Å²) in [6, 6.07) is 14.4. The molecular weight excluding hydrogens is 440 g/mol. The van der Waals surface area contributed by atoms with Crippen molar-refractivity contribution in [3.63, 3.8) is 0 Å². The summed E-state index contributed by atoms with van der Waals surface area (Å²) in [5, 5.41) is 9.98. The van der Waals surface area contributed by atoms with E-state index in [0.717, 1.165) is 54.9 Å². The van der Waals surface area contributed by atoms with Crippen LogP contribution < -0.4 is 10.6 Å². The molecule has 0 spiro atoms. The Labute approximate surface area is 208 Å². The lowest BCUT2D eigenvalue weighted by atomic mass is 9.87. The number of benzene rings is 2. The highest BCUT2D eigenvalue weighted by atomic mass is 16.4. The normalized spacial score (nSPS) is 21.1. The van der Waals surface area contributed by atoms with Gasteiger partial charge in [-0.2, -0.15) is 0 Å². The van der Waals surface area contributed by atoms with E-state index in [2.05, 4.69) is 35.2 Å². The molecule has 0 aromatic heterocycles. The van der Waals surface area contributed by atoms with Crippen LogP contribution >= 0.6 is 0 Å². The number of nitrogens with two attached hydrogens (primary N) is 1. The fraction of sp³-hybridized carbons (Fsp3) is 0.500. The van der Waals surface area contributed by atoms with Crippen molar-refractivity contribution in [3.05, 3.63) is 53.6 Å². The highest BCUT2D eigenvalue weighted by Gasteiger charge is 2.38. The molecule has 35 heavy (non-hydrogen) atoms. The molecule has 7 nitrogen and oxygen atoms in total. The molecule has 2 atom stereocenters. The van der Waals surface area contributed by atoms with E-state index in [1.807, 2.05) is 32.9 Å². The first-order valence-corrected chi connectivity index (χ1v) is 12.7. The lowest BCUT2D eigenvalue weighted by Crippen LogP contribution is -2.48. The van der Waals surface area contributed by atoms with Gasteiger partial charge in [-0.15, -0.1) is 0 Å². The van der Waals surface area contributed by atoms with Crippen LogP contribution in [0.4, 0.5) is 10.5 Å². The molecule has 1 saturated heterocycles. The van der Waals surface area contributed by atoms with Crippen molar-refractivity contribution in [2.45, 2.75) is 77.7 Å². The smallest absolute Gasteiger partial charge is 0.408 e. The van der Waals surface area contributed by atoms with Crippen LogP contribution in [-0.2, 0) is 11.3 Å². The number of carbonyl (C=O) groups is 2. The van der Waals surface area contributed by atoms with Crippen LogP contribution in [0.15, 0.2) is 42.5 Å². The minimum atomic E-state index is -0.937. The number of hydrogen-bond acceptors (Lipinski definition) is 4. The summed E-state index contributed by atoms with van der Waals surface area (Å²) in [6.45, 7) is 10.3. The van der Waals surface area contributed by atoms with E-state index in [1.165, 1.54) is 10.5 Å². The molecule has 0 unspecified atom stereocenters. The maximum atomic E-state index is 12.5. The van der Waals surface area contributed by atoms with Crippen molar-refractivity contribution in [1.82, 2.24) is 9.80 Å². The molecule has 0 aliphatic carbocycles. The third-order valence-electron chi connectivity index (χ3n) is 7.43. The lowest BCUT2D eigenvalue weighted by Gasteiger charge is -2.43. The molecule has 0 saturated carbocycles. The van der Waals surface area contributed by atoms with E-state index >= 15 is 0 Å². The number of amides is 2. The number of hydrogen-bond donors (Lipinski definition) is 2. The maximum absolute atomic E-state index is 12.5. The predicted molar refractivity (Wildman–Crippen MR) is 139 cm³/mol. The standard InChI is InChI=1S/C28H38N4O3/c1-18(2)31(28(34)35)27-15-19(3)32(20(4)33)26-10-9-23(16-25(26)27)22-7-5-21(6-8-22)17-30-13-11-24(29)12-14-30/h5-10,16,18-19,24,27H,11-15,17,29H2,1-4H3,(H,34,35)/t19-,27+/m0/s1. The van der Waals surface area contributed by atoms with Gasteiger partial charge >= 0.3 is 6.09 Å². The SMILES string of the molecule is CC(=O)N1c2ccc(-c3ccc(CN4CCC(N)CC4)cc3)cc2[C@H](N(C(=O)O)C(C)C)C[C@@H]1C. The minimum absolute atomic E-state index is 0.0283.